The molecule has 1 aromatic carbocycles. The first kappa shape index (κ1) is 12.8. The van der Waals surface area contributed by atoms with Gasteiger partial charge in [-0.3, -0.25) is 9.78 Å². The minimum absolute atomic E-state index is 0.115. The van der Waals surface area contributed by atoms with Gasteiger partial charge >= 0.3 is 0 Å². The predicted octanol–water partition coefficient (Wildman–Crippen LogP) is 3.71. The third kappa shape index (κ3) is 2.96. The van der Waals surface area contributed by atoms with Crippen molar-refractivity contribution >= 4 is 27.5 Å². The molecule has 0 saturated carbocycles. The molecule has 0 fully saturated rings. The number of halogens is 1. The minimum Gasteiger partial charge on any atom is -0.322 e. The molecule has 1 N–H and O–H groups in total. The quantitative estimate of drug-likeness (QED) is 0.919. The van der Waals surface area contributed by atoms with Crippen molar-refractivity contribution in [2.24, 2.45) is 0 Å². The number of benzene rings is 1. The first-order chi connectivity index (χ1) is 8.56. The summed E-state index contributed by atoms with van der Waals surface area (Å²) in [6.07, 6.45) is 1.68. The lowest BCUT2D eigenvalue weighted by Crippen LogP contribution is -2.12. The van der Waals surface area contributed by atoms with Gasteiger partial charge in [0.25, 0.3) is 5.91 Å². The van der Waals surface area contributed by atoms with Crippen LogP contribution in [0.25, 0.3) is 0 Å². The zero-order chi connectivity index (χ0) is 13.1. The molecule has 0 saturated heterocycles. The lowest BCUT2D eigenvalue weighted by Gasteiger charge is -2.07. The Hall–Kier alpha value is -1.68. The maximum absolute atomic E-state index is 12.0. The second-order valence-corrected chi connectivity index (χ2v) is 4.96. The van der Waals surface area contributed by atoms with Crippen LogP contribution >= 0.6 is 15.9 Å². The lowest BCUT2D eigenvalue weighted by molar-refractivity contribution is 0.102. The number of anilines is 1. The van der Waals surface area contributed by atoms with Crippen molar-refractivity contribution in [1.82, 2.24) is 4.98 Å². The van der Waals surface area contributed by atoms with E-state index in [9.17, 15) is 4.79 Å². The molecule has 0 aliphatic heterocycles. The molecule has 0 aliphatic rings. The maximum atomic E-state index is 12.0. The van der Waals surface area contributed by atoms with Crippen LogP contribution in [0.5, 0.6) is 0 Å². The lowest BCUT2D eigenvalue weighted by atomic mass is 10.1. The monoisotopic (exact) mass is 304 g/mol. The molecule has 2 rings (SSSR count). The van der Waals surface area contributed by atoms with E-state index >= 15 is 0 Å². The molecule has 0 atom stereocenters. The van der Waals surface area contributed by atoms with E-state index in [1.54, 1.807) is 18.3 Å². The molecule has 1 amide bonds. The van der Waals surface area contributed by atoms with Gasteiger partial charge in [-0.25, -0.2) is 0 Å². The summed E-state index contributed by atoms with van der Waals surface area (Å²) < 4.78 is 0.999. The maximum Gasteiger partial charge on any atom is 0.255 e. The molecule has 0 spiro atoms. The molecular formula is C14H13BrN2O. The van der Waals surface area contributed by atoms with Gasteiger partial charge in [-0.15, -0.1) is 0 Å². The van der Waals surface area contributed by atoms with Crippen molar-refractivity contribution in [3.8, 4) is 0 Å². The SMILES string of the molecule is Cc1cc(NC(=O)c2ccc(Br)c(C)c2)ccn1. The summed E-state index contributed by atoms with van der Waals surface area (Å²) in [6, 6.07) is 9.14. The molecule has 18 heavy (non-hydrogen) atoms. The van der Waals surface area contributed by atoms with Crippen molar-refractivity contribution in [3.05, 3.63) is 57.8 Å². The van der Waals surface area contributed by atoms with Gasteiger partial charge in [0.05, 0.1) is 0 Å². The predicted molar refractivity (Wildman–Crippen MR) is 75.8 cm³/mol. The molecular weight excluding hydrogens is 292 g/mol. The van der Waals surface area contributed by atoms with E-state index in [2.05, 4.69) is 26.2 Å². The van der Waals surface area contributed by atoms with Crippen molar-refractivity contribution in [2.75, 3.05) is 5.32 Å². The number of nitrogens with one attached hydrogen (secondary N) is 1. The van der Waals surface area contributed by atoms with Crippen LogP contribution in [0.15, 0.2) is 41.0 Å². The topological polar surface area (TPSA) is 42.0 Å². The summed E-state index contributed by atoms with van der Waals surface area (Å²) in [5.74, 6) is -0.115. The van der Waals surface area contributed by atoms with E-state index in [1.165, 1.54) is 0 Å². The van der Waals surface area contributed by atoms with Gasteiger partial charge < -0.3 is 5.32 Å². The molecule has 2 aromatic rings. The largest absolute Gasteiger partial charge is 0.322 e. The Bertz CT molecular complexity index is 596. The molecule has 0 aliphatic carbocycles. The van der Waals surface area contributed by atoms with Gasteiger partial charge in [0.15, 0.2) is 0 Å². The Morgan fingerprint density at radius 2 is 2.00 bits per heavy atom. The average Bonchev–Trinajstić information content (AvgIpc) is 2.32. The summed E-state index contributed by atoms with van der Waals surface area (Å²) in [4.78, 5) is 16.1. The van der Waals surface area contributed by atoms with E-state index in [4.69, 9.17) is 0 Å². The normalized spacial score (nSPS) is 10.2. The second-order valence-electron chi connectivity index (χ2n) is 4.10. The number of carbonyl (C=O) groups excluding carboxylic acids is 1. The summed E-state index contributed by atoms with van der Waals surface area (Å²) in [6.45, 7) is 3.84. The number of aryl methyl sites for hydroxylation is 2. The Balaban J connectivity index is 2.19. The third-order valence-corrected chi connectivity index (χ3v) is 3.46. The number of carbonyl (C=O) groups is 1. The van der Waals surface area contributed by atoms with Crippen LogP contribution in [0, 0.1) is 13.8 Å². The minimum atomic E-state index is -0.115. The van der Waals surface area contributed by atoms with Crippen molar-refractivity contribution in [1.29, 1.82) is 0 Å². The van der Waals surface area contributed by atoms with E-state index in [0.29, 0.717) is 5.56 Å². The highest BCUT2D eigenvalue weighted by molar-refractivity contribution is 9.10. The van der Waals surface area contributed by atoms with Crippen LogP contribution in [-0.4, -0.2) is 10.9 Å². The molecule has 4 heteroatoms. The highest BCUT2D eigenvalue weighted by Gasteiger charge is 2.07. The van der Waals surface area contributed by atoms with Gasteiger partial charge in [0.1, 0.15) is 0 Å². The zero-order valence-corrected chi connectivity index (χ0v) is 11.8. The fourth-order valence-electron chi connectivity index (χ4n) is 1.61. The molecule has 0 unspecified atom stereocenters. The summed E-state index contributed by atoms with van der Waals surface area (Å²) >= 11 is 3.41. The number of nitrogens with zero attached hydrogens (tertiary/aromatic N) is 1. The molecule has 1 heterocycles. The number of aromatic nitrogens is 1. The zero-order valence-electron chi connectivity index (χ0n) is 10.2. The molecule has 0 bridgehead atoms. The fourth-order valence-corrected chi connectivity index (χ4v) is 1.86. The van der Waals surface area contributed by atoms with Crippen LogP contribution in [0.3, 0.4) is 0 Å². The number of pyridine rings is 1. The number of amides is 1. The van der Waals surface area contributed by atoms with Crippen LogP contribution in [0.2, 0.25) is 0 Å². The highest BCUT2D eigenvalue weighted by atomic mass is 79.9. The molecule has 3 nitrogen and oxygen atoms in total. The van der Waals surface area contributed by atoms with Crippen molar-refractivity contribution in [3.63, 3.8) is 0 Å². The van der Waals surface area contributed by atoms with Crippen molar-refractivity contribution in [2.45, 2.75) is 13.8 Å². The van der Waals surface area contributed by atoms with Gasteiger partial charge in [0, 0.05) is 27.6 Å². The number of hydrogen-bond donors (Lipinski definition) is 1. The standard InChI is InChI=1S/C14H13BrN2O/c1-9-7-11(3-4-13(9)15)14(18)17-12-5-6-16-10(2)8-12/h3-8H,1-2H3,(H,16,17,18). The molecule has 1 aromatic heterocycles. The summed E-state index contributed by atoms with van der Waals surface area (Å²) in [7, 11) is 0. The van der Waals surface area contributed by atoms with Crippen LogP contribution in [0.1, 0.15) is 21.6 Å². The van der Waals surface area contributed by atoms with Crippen LogP contribution < -0.4 is 5.32 Å². The Morgan fingerprint density at radius 3 is 2.67 bits per heavy atom. The van der Waals surface area contributed by atoms with Crippen LogP contribution in [0.4, 0.5) is 5.69 Å². The third-order valence-electron chi connectivity index (χ3n) is 2.57. The van der Waals surface area contributed by atoms with Gasteiger partial charge in [0.2, 0.25) is 0 Å². The summed E-state index contributed by atoms with van der Waals surface area (Å²) in [5, 5.41) is 2.85. The van der Waals surface area contributed by atoms with E-state index < -0.39 is 0 Å². The van der Waals surface area contributed by atoms with Gasteiger partial charge in [-0.2, -0.15) is 0 Å². The first-order valence-corrected chi connectivity index (χ1v) is 6.36. The first-order valence-electron chi connectivity index (χ1n) is 5.56. The average molecular weight is 305 g/mol. The summed E-state index contributed by atoms with van der Waals surface area (Å²) in [5.41, 5.74) is 3.31. The molecule has 92 valence electrons. The van der Waals surface area contributed by atoms with E-state index in [1.807, 2.05) is 32.0 Å². The van der Waals surface area contributed by atoms with Gasteiger partial charge in [-0.1, -0.05) is 15.9 Å². The highest BCUT2D eigenvalue weighted by Crippen LogP contribution is 2.18. The van der Waals surface area contributed by atoms with E-state index in [0.717, 1.165) is 21.4 Å². The second kappa shape index (κ2) is 5.31. The number of rotatable bonds is 2. The smallest absolute Gasteiger partial charge is 0.255 e. The Labute approximate surface area is 114 Å². The van der Waals surface area contributed by atoms with Crippen LogP contribution in [-0.2, 0) is 0 Å². The van der Waals surface area contributed by atoms with Gasteiger partial charge in [-0.05, 0) is 49.7 Å². The number of hydrogen-bond acceptors (Lipinski definition) is 2. The Kier molecular flexibility index (Phi) is 3.77. The Morgan fingerprint density at radius 1 is 1.22 bits per heavy atom. The van der Waals surface area contributed by atoms with E-state index in [-0.39, 0.29) is 5.91 Å². The molecule has 0 radical (unpaired) electrons. The fraction of sp³-hybridized carbons (Fsp3) is 0.143. The van der Waals surface area contributed by atoms with Crippen molar-refractivity contribution < 1.29 is 4.79 Å².